The number of carbonyl (C=O) groups is 1. The zero-order valence-electron chi connectivity index (χ0n) is 17.3. The normalized spacial score (nSPS) is 20.0. The van der Waals surface area contributed by atoms with Crippen LogP contribution in [0.1, 0.15) is 31.1 Å². The first-order valence-corrected chi connectivity index (χ1v) is 10.2. The Morgan fingerprint density at radius 3 is 2.59 bits per heavy atom. The number of aliphatic carboxylic acids is 1. The third-order valence-corrected chi connectivity index (χ3v) is 5.83. The number of nitrogens with one attached hydrogen (secondary N) is 1. The van der Waals surface area contributed by atoms with E-state index in [1.54, 1.807) is 13.8 Å². The van der Waals surface area contributed by atoms with E-state index in [2.05, 4.69) is 40.2 Å². The molecule has 0 amide bonds. The molecule has 0 bridgehead atoms. The van der Waals surface area contributed by atoms with Gasteiger partial charge in [0.15, 0.2) is 5.75 Å². The van der Waals surface area contributed by atoms with Gasteiger partial charge in [-0.15, -0.1) is 0 Å². The Kier molecular flexibility index (Phi) is 5.23. The van der Waals surface area contributed by atoms with Crippen LogP contribution in [0.15, 0.2) is 42.5 Å². The van der Waals surface area contributed by atoms with Crippen LogP contribution < -0.4 is 10.1 Å². The van der Waals surface area contributed by atoms with Crippen LogP contribution in [0.25, 0.3) is 0 Å². The van der Waals surface area contributed by atoms with Gasteiger partial charge in [0, 0.05) is 38.3 Å². The topological polar surface area (TPSA) is 65.0 Å². The molecule has 0 radical (unpaired) electrons. The summed E-state index contributed by atoms with van der Waals surface area (Å²) in [7, 11) is 0. The lowest BCUT2D eigenvalue weighted by Crippen LogP contribution is -2.52. The second-order valence-electron chi connectivity index (χ2n) is 8.69. The Morgan fingerprint density at radius 1 is 1.14 bits per heavy atom. The SMILES string of the molecule is Cc1ccc2c(c1)Oc1ccccc1NC2N1CCN(CC(C)(C)C(=O)O)CC1. The number of benzene rings is 2. The van der Waals surface area contributed by atoms with Gasteiger partial charge >= 0.3 is 5.97 Å². The van der Waals surface area contributed by atoms with Gasteiger partial charge in [-0.2, -0.15) is 0 Å². The van der Waals surface area contributed by atoms with Gasteiger partial charge in [0.25, 0.3) is 0 Å². The fraction of sp³-hybridized carbons (Fsp3) is 0.435. The minimum absolute atomic E-state index is 0.0175. The lowest BCUT2D eigenvalue weighted by Gasteiger charge is -2.41. The van der Waals surface area contributed by atoms with Gasteiger partial charge in [0.1, 0.15) is 11.9 Å². The molecule has 0 aliphatic carbocycles. The molecule has 2 aromatic rings. The maximum absolute atomic E-state index is 11.5. The first kappa shape index (κ1) is 19.7. The van der Waals surface area contributed by atoms with Crippen LogP contribution >= 0.6 is 0 Å². The summed E-state index contributed by atoms with van der Waals surface area (Å²) in [5.74, 6) is 0.981. The molecule has 2 aromatic carbocycles. The molecule has 1 saturated heterocycles. The molecule has 0 spiro atoms. The summed E-state index contributed by atoms with van der Waals surface area (Å²) in [6.07, 6.45) is 0.0175. The predicted octanol–water partition coefficient (Wildman–Crippen LogP) is 3.94. The van der Waals surface area contributed by atoms with Crippen molar-refractivity contribution in [3.8, 4) is 11.5 Å². The average Bonchev–Trinajstić information content (AvgIpc) is 2.84. The summed E-state index contributed by atoms with van der Waals surface area (Å²) in [4.78, 5) is 16.1. The molecule has 2 aliphatic rings. The third kappa shape index (κ3) is 4.09. The van der Waals surface area contributed by atoms with Crippen molar-refractivity contribution in [1.82, 2.24) is 9.80 Å². The summed E-state index contributed by atoms with van der Waals surface area (Å²) in [5, 5.41) is 13.1. The van der Waals surface area contributed by atoms with Gasteiger partial charge in [-0.3, -0.25) is 14.6 Å². The van der Waals surface area contributed by atoms with E-state index in [0.29, 0.717) is 6.54 Å². The van der Waals surface area contributed by atoms with Crippen LogP contribution in [0.4, 0.5) is 5.69 Å². The molecular weight excluding hydrogens is 366 g/mol. The van der Waals surface area contributed by atoms with Gasteiger partial charge in [-0.05, 0) is 44.5 Å². The number of nitrogens with zero attached hydrogens (tertiary/aromatic N) is 2. The molecule has 1 fully saturated rings. The fourth-order valence-corrected chi connectivity index (χ4v) is 4.07. The highest BCUT2D eigenvalue weighted by Crippen LogP contribution is 2.41. The maximum Gasteiger partial charge on any atom is 0.310 e. The van der Waals surface area contributed by atoms with E-state index in [1.165, 1.54) is 5.56 Å². The Morgan fingerprint density at radius 2 is 1.86 bits per heavy atom. The quantitative estimate of drug-likeness (QED) is 0.818. The number of carboxylic acids is 1. The number of hydrogen-bond acceptors (Lipinski definition) is 5. The number of carboxylic acid groups (broad SMARTS) is 1. The fourth-order valence-electron chi connectivity index (χ4n) is 4.07. The van der Waals surface area contributed by atoms with Crippen molar-refractivity contribution in [2.75, 3.05) is 38.0 Å². The van der Waals surface area contributed by atoms with Crippen LogP contribution in [-0.2, 0) is 4.79 Å². The van der Waals surface area contributed by atoms with Crippen LogP contribution in [0, 0.1) is 12.3 Å². The van der Waals surface area contributed by atoms with Crippen LogP contribution in [0.3, 0.4) is 0 Å². The molecule has 154 valence electrons. The summed E-state index contributed by atoms with van der Waals surface area (Å²) >= 11 is 0. The smallest absolute Gasteiger partial charge is 0.310 e. The lowest BCUT2D eigenvalue weighted by atomic mass is 9.93. The van der Waals surface area contributed by atoms with Crippen molar-refractivity contribution in [3.05, 3.63) is 53.6 Å². The largest absolute Gasteiger partial charge is 0.481 e. The first-order chi connectivity index (χ1) is 13.8. The average molecular weight is 396 g/mol. The zero-order valence-corrected chi connectivity index (χ0v) is 17.3. The van der Waals surface area contributed by atoms with Crippen LogP contribution in [0.5, 0.6) is 11.5 Å². The molecule has 4 rings (SSSR count). The third-order valence-electron chi connectivity index (χ3n) is 5.83. The second kappa shape index (κ2) is 7.69. The molecule has 6 heteroatoms. The molecule has 2 aliphatic heterocycles. The Hall–Kier alpha value is -2.57. The number of hydrogen-bond donors (Lipinski definition) is 2. The Labute approximate surface area is 172 Å². The van der Waals surface area contributed by atoms with E-state index in [4.69, 9.17) is 4.74 Å². The summed E-state index contributed by atoms with van der Waals surface area (Å²) in [5.41, 5.74) is 2.55. The number of piperazine rings is 1. The van der Waals surface area contributed by atoms with E-state index in [9.17, 15) is 9.90 Å². The number of ether oxygens (including phenoxy) is 1. The maximum atomic E-state index is 11.5. The highest BCUT2D eigenvalue weighted by Gasteiger charge is 2.34. The lowest BCUT2D eigenvalue weighted by molar-refractivity contribution is -0.148. The van der Waals surface area contributed by atoms with Crippen molar-refractivity contribution in [2.24, 2.45) is 5.41 Å². The van der Waals surface area contributed by atoms with Gasteiger partial charge in [0.2, 0.25) is 0 Å². The summed E-state index contributed by atoms with van der Waals surface area (Å²) in [6.45, 7) is 9.65. The first-order valence-electron chi connectivity index (χ1n) is 10.2. The van der Waals surface area contributed by atoms with Gasteiger partial charge in [0.05, 0.1) is 11.1 Å². The predicted molar refractivity (Wildman–Crippen MR) is 113 cm³/mol. The van der Waals surface area contributed by atoms with Gasteiger partial charge in [-0.1, -0.05) is 24.3 Å². The molecular formula is C23H29N3O3. The number of rotatable bonds is 4. The molecule has 0 aromatic heterocycles. The van der Waals surface area contributed by atoms with E-state index in [-0.39, 0.29) is 6.17 Å². The second-order valence-corrected chi connectivity index (χ2v) is 8.69. The molecule has 29 heavy (non-hydrogen) atoms. The molecule has 2 heterocycles. The van der Waals surface area contributed by atoms with Gasteiger partial charge in [-0.25, -0.2) is 0 Å². The van der Waals surface area contributed by atoms with E-state index >= 15 is 0 Å². The number of anilines is 1. The monoisotopic (exact) mass is 395 g/mol. The van der Waals surface area contributed by atoms with E-state index < -0.39 is 11.4 Å². The van der Waals surface area contributed by atoms with Crippen molar-refractivity contribution >= 4 is 11.7 Å². The molecule has 6 nitrogen and oxygen atoms in total. The van der Waals surface area contributed by atoms with Crippen molar-refractivity contribution < 1.29 is 14.6 Å². The van der Waals surface area contributed by atoms with Crippen molar-refractivity contribution in [2.45, 2.75) is 26.9 Å². The summed E-state index contributed by atoms with van der Waals surface area (Å²) in [6, 6.07) is 14.4. The van der Waals surface area contributed by atoms with Crippen molar-refractivity contribution in [3.63, 3.8) is 0 Å². The standard InChI is InChI=1S/C23H29N3O3/c1-16-8-9-17-20(14-16)29-19-7-5-4-6-18(19)24-21(17)26-12-10-25(11-13-26)15-23(2,3)22(27)28/h4-9,14,21,24H,10-13,15H2,1-3H3,(H,27,28). The number of para-hydroxylation sites is 2. The van der Waals surface area contributed by atoms with E-state index in [0.717, 1.165) is 48.9 Å². The Bertz CT molecular complexity index is 904. The molecule has 0 saturated carbocycles. The van der Waals surface area contributed by atoms with Gasteiger partial charge < -0.3 is 15.2 Å². The highest BCUT2D eigenvalue weighted by molar-refractivity contribution is 5.73. The summed E-state index contributed by atoms with van der Waals surface area (Å²) < 4.78 is 6.25. The van der Waals surface area contributed by atoms with Crippen molar-refractivity contribution in [1.29, 1.82) is 0 Å². The minimum Gasteiger partial charge on any atom is -0.481 e. The van der Waals surface area contributed by atoms with Crippen LogP contribution in [-0.4, -0.2) is 53.6 Å². The molecule has 1 unspecified atom stereocenters. The van der Waals surface area contributed by atoms with Crippen LogP contribution in [0.2, 0.25) is 0 Å². The molecule has 2 N–H and O–H groups in total. The zero-order chi connectivity index (χ0) is 20.6. The minimum atomic E-state index is -0.747. The highest BCUT2D eigenvalue weighted by atomic mass is 16.5. The van der Waals surface area contributed by atoms with E-state index in [1.807, 2.05) is 24.3 Å². The number of fused-ring (bicyclic) bond motifs is 2. The number of aryl methyl sites for hydroxylation is 1. The Balaban J connectivity index is 1.55. The molecule has 1 atom stereocenters.